The first-order valence-corrected chi connectivity index (χ1v) is 6.22. The minimum Gasteiger partial charge on any atom is -0.399 e. The van der Waals surface area contributed by atoms with Crippen LogP contribution in [0.15, 0.2) is 42.5 Å². The Bertz CT molecular complexity index is 626. The lowest BCUT2D eigenvalue weighted by Crippen LogP contribution is -2.14. The summed E-state index contributed by atoms with van der Waals surface area (Å²) in [5.41, 5.74) is 14.4. The Balaban J connectivity index is 2.17. The van der Waals surface area contributed by atoms with Gasteiger partial charge in [-0.25, -0.2) is 0 Å². The summed E-state index contributed by atoms with van der Waals surface area (Å²) in [5.74, 6) is -0.503. The lowest BCUT2D eigenvalue weighted by molar-refractivity contribution is 0.100. The third-order valence-electron chi connectivity index (χ3n) is 2.97. The molecule has 104 valence electrons. The fourth-order valence-electron chi connectivity index (χ4n) is 1.96. The van der Waals surface area contributed by atoms with E-state index in [4.69, 9.17) is 16.6 Å². The fraction of sp³-hybridized carbons (Fsp3) is 0.133. The first-order chi connectivity index (χ1) is 9.60. The smallest absolute Gasteiger partial charge is 0.250 e. The predicted octanol–water partition coefficient (Wildman–Crippen LogP) is 1.47. The quantitative estimate of drug-likeness (QED) is 0.618. The summed E-state index contributed by atoms with van der Waals surface area (Å²) in [7, 11) is 0. The summed E-state index contributed by atoms with van der Waals surface area (Å²) in [6.45, 7) is 0.510. The van der Waals surface area contributed by atoms with Crippen molar-refractivity contribution in [1.29, 1.82) is 0 Å². The molecule has 0 spiro atoms. The molecule has 2 rings (SSSR count). The van der Waals surface area contributed by atoms with Gasteiger partial charge in [0.05, 0.1) is 12.2 Å². The van der Waals surface area contributed by atoms with E-state index in [1.807, 2.05) is 24.3 Å². The number of hydrogen-bond donors (Lipinski definition) is 4. The van der Waals surface area contributed by atoms with Gasteiger partial charge >= 0.3 is 0 Å². The number of amides is 1. The predicted molar refractivity (Wildman–Crippen MR) is 79.1 cm³/mol. The van der Waals surface area contributed by atoms with Gasteiger partial charge in [0, 0.05) is 17.9 Å². The summed E-state index contributed by atoms with van der Waals surface area (Å²) in [5, 5.41) is 12.2. The van der Waals surface area contributed by atoms with Crippen molar-refractivity contribution in [1.82, 2.24) is 0 Å². The molecule has 0 saturated heterocycles. The molecule has 0 saturated carbocycles. The number of aliphatic hydroxyl groups excluding tert-OH is 1. The van der Waals surface area contributed by atoms with E-state index in [2.05, 4.69) is 5.32 Å². The van der Waals surface area contributed by atoms with Crippen LogP contribution in [0.4, 0.5) is 11.4 Å². The second-order valence-electron chi connectivity index (χ2n) is 4.50. The number of nitrogen functional groups attached to an aromatic ring is 1. The number of anilines is 2. The molecule has 0 bridgehead atoms. The van der Waals surface area contributed by atoms with Crippen LogP contribution in [0.5, 0.6) is 0 Å². The van der Waals surface area contributed by atoms with Crippen LogP contribution in [-0.4, -0.2) is 11.0 Å². The molecular weight excluding hydrogens is 254 g/mol. The number of rotatable bonds is 5. The maximum Gasteiger partial charge on any atom is 0.250 e. The van der Waals surface area contributed by atoms with Gasteiger partial charge in [0.1, 0.15) is 0 Å². The number of nitrogens with two attached hydrogens (primary N) is 2. The number of primary amides is 1. The van der Waals surface area contributed by atoms with E-state index in [0.29, 0.717) is 23.5 Å². The normalized spacial score (nSPS) is 10.2. The molecule has 0 aliphatic heterocycles. The molecule has 5 heteroatoms. The van der Waals surface area contributed by atoms with E-state index in [0.717, 1.165) is 11.1 Å². The molecule has 0 aromatic heterocycles. The molecule has 2 aromatic rings. The van der Waals surface area contributed by atoms with Crippen molar-refractivity contribution in [2.75, 3.05) is 11.1 Å². The van der Waals surface area contributed by atoms with Gasteiger partial charge in [-0.3, -0.25) is 4.79 Å². The molecule has 20 heavy (non-hydrogen) atoms. The first kappa shape index (κ1) is 13.9. The highest BCUT2D eigenvalue weighted by molar-refractivity contribution is 5.99. The second kappa shape index (κ2) is 6.08. The Morgan fingerprint density at radius 3 is 2.60 bits per heavy atom. The van der Waals surface area contributed by atoms with E-state index >= 15 is 0 Å². The molecule has 2 aromatic carbocycles. The zero-order chi connectivity index (χ0) is 14.5. The van der Waals surface area contributed by atoms with E-state index in [1.54, 1.807) is 18.2 Å². The zero-order valence-electron chi connectivity index (χ0n) is 11.0. The van der Waals surface area contributed by atoms with Crippen LogP contribution in [0.3, 0.4) is 0 Å². The zero-order valence-corrected chi connectivity index (χ0v) is 11.0. The first-order valence-electron chi connectivity index (χ1n) is 6.22. The van der Waals surface area contributed by atoms with Crippen LogP contribution in [0, 0.1) is 0 Å². The van der Waals surface area contributed by atoms with Gasteiger partial charge in [0.2, 0.25) is 0 Å². The Labute approximate surface area is 117 Å². The Morgan fingerprint density at radius 1 is 1.15 bits per heavy atom. The minimum atomic E-state index is -0.503. The maximum atomic E-state index is 11.4. The van der Waals surface area contributed by atoms with Crippen molar-refractivity contribution >= 4 is 17.3 Å². The average molecular weight is 271 g/mol. The molecule has 0 aliphatic carbocycles. The van der Waals surface area contributed by atoms with Gasteiger partial charge in [-0.1, -0.05) is 24.3 Å². The Kier molecular flexibility index (Phi) is 4.22. The van der Waals surface area contributed by atoms with Gasteiger partial charge in [0.25, 0.3) is 5.91 Å². The van der Waals surface area contributed by atoms with Gasteiger partial charge in [-0.05, 0) is 29.3 Å². The summed E-state index contributed by atoms with van der Waals surface area (Å²) < 4.78 is 0. The summed E-state index contributed by atoms with van der Waals surface area (Å²) in [4.78, 5) is 11.4. The Hall–Kier alpha value is -2.53. The Morgan fingerprint density at radius 2 is 1.90 bits per heavy atom. The molecule has 1 amide bonds. The molecule has 0 unspecified atom stereocenters. The molecule has 0 radical (unpaired) electrons. The summed E-state index contributed by atoms with van der Waals surface area (Å²) in [6, 6.07) is 12.5. The van der Waals surface area contributed by atoms with Crippen LogP contribution in [0.2, 0.25) is 0 Å². The maximum absolute atomic E-state index is 11.4. The minimum absolute atomic E-state index is 0.00133. The van der Waals surface area contributed by atoms with Crippen LogP contribution in [0.25, 0.3) is 0 Å². The van der Waals surface area contributed by atoms with Gasteiger partial charge in [0.15, 0.2) is 0 Å². The standard InChI is InChI=1S/C15H17N3O2/c16-12-4-5-13(15(17)20)14(7-12)18-8-10-2-1-3-11(6-10)9-19/h1-7,18-19H,8-9,16H2,(H2,17,20). The van der Waals surface area contributed by atoms with Crippen molar-refractivity contribution in [3.05, 3.63) is 59.2 Å². The van der Waals surface area contributed by atoms with E-state index < -0.39 is 5.91 Å². The van der Waals surface area contributed by atoms with Crippen molar-refractivity contribution in [3.8, 4) is 0 Å². The van der Waals surface area contributed by atoms with Crippen LogP contribution >= 0.6 is 0 Å². The van der Waals surface area contributed by atoms with Crippen molar-refractivity contribution in [2.45, 2.75) is 13.2 Å². The van der Waals surface area contributed by atoms with Crippen molar-refractivity contribution in [2.24, 2.45) is 5.73 Å². The topological polar surface area (TPSA) is 101 Å². The lowest BCUT2D eigenvalue weighted by atomic mass is 10.1. The molecule has 5 nitrogen and oxygen atoms in total. The monoisotopic (exact) mass is 271 g/mol. The van der Waals surface area contributed by atoms with Crippen molar-refractivity contribution in [3.63, 3.8) is 0 Å². The third-order valence-corrected chi connectivity index (χ3v) is 2.97. The van der Waals surface area contributed by atoms with Gasteiger partial charge in [-0.15, -0.1) is 0 Å². The number of carbonyl (C=O) groups excluding carboxylic acids is 1. The number of nitrogens with one attached hydrogen (secondary N) is 1. The molecule has 0 atom stereocenters. The molecular formula is C15H17N3O2. The largest absolute Gasteiger partial charge is 0.399 e. The van der Waals surface area contributed by atoms with Gasteiger partial charge in [-0.2, -0.15) is 0 Å². The molecule has 0 fully saturated rings. The molecule has 6 N–H and O–H groups in total. The highest BCUT2D eigenvalue weighted by Gasteiger charge is 2.08. The third kappa shape index (κ3) is 3.27. The van der Waals surface area contributed by atoms with Crippen molar-refractivity contribution < 1.29 is 9.90 Å². The van der Waals surface area contributed by atoms with E-state index in [9.17, 15) is 4.79 Å². The fourth-order valence-corrected chi connectivity index (χ4v) is 1.96. The van der Waals surface area contributed by atoms with Crippen LogP contribution < -0.4 is 16.8 Å². The lowest BCUT2D eigenvalue weighted by Gasteiger charge is -2.11. The van der Waals surface area contributed by atoms with Crippen LogP contribution in [-0.2, 0) is 13.2 Å². The number of hydrogen-bond acceptors (Lipinski definition) is 4. The SMILES string of the molecule is NC(=O)c1ccc(N)cc1NCc1cccc(CO)c1. The summed E-state index contributed by atoms with van der Waals surface area (Å²) in [6.07, 6.45) is 0. The highest BCUT2D eigenvalue weighted by Crippen LogP contribution is 2.20. The van der Waals surface area contributed by atoms with Gasteiger partial charge < -0.3 is 21.9 Å². The summed E-state index contributed by atoms with van der Waals surface area (Å²) >= 11 is 0. The number of carbonyl (C=O) groups is 1. The van der Waals surface area contributed by atoms with Crippen LogP contribution in [0.1, 0.15) is 21.5 Å². The average Bonchev–Trinajstić information content (AvgIpc) is 2.45. The second-order valence-corrected chi connectivity index (χ2v) is 4.50. The number of aliphatic hydroxyl groups is 1. The van der Waals surface area contributed by atoms with E-state index in [1.165, 1.54) is 0 Å². The molecule has 0 heterocycles. The molecule has 0 aliphatic rings. The number of benzene rings is 2. The highest BCUT2D eigenvalue weighted by atomic mass is 16.3. The van der Waals surface area contributed by atoms with E-state index in [-0.39, 0.29) is 6.61 Å².